The van der Waals surface area contributed by atoms with Crippen LogP contribution in [-0.4, -0.2) is 12.4 Å². The van der Waals surface area contributed by atoms with Gasteiger partial charge in [0.15, 0.2) is 0 Å². The van der Waals surface area contributed by atoms with Crippen LogP contribution in [0.25, 0.3) is 60.9 Å². The predicted octanol–water partition coefficient (Wildman–Crippen LogP) is 9.93. The summed E-state index contributed by atoms with van der Waals surface area (Å²) in [4.78, 5) is 5.43. The third kappa shape index (κ3) is 4.34. The van der Waals surface area contributed by atoms with Crippen LogP contribution in [0.5, 0.6) is 0 Å². The van der Waals surface area contributed by atoms with Crippen molar-refractivity contribution in [3.8, 4) is 11.1 Å². The molecule has 2 aliphatic heterocycles. The Morgan fingerprint density at radius 3 is 2.42 bits per heavy atom. The molecule has 6 aromatic carbocycles. The summed E-state index contributed by atoms with van der Waals surface area (Å²) in [5.74, 6) is 1.58. The number of hydrogen-bond donors (Lipinski definition) is 3. The third-order valence-corrected chi connectivity index (χ3v) is 9.55. The first-order chi connectivity index (χ1) is 23.8. The molecule has 0 amide bonds. The van der Waals surface area contributed by atoms with Crippen molar-refractivity contribution in [3.05, 3.63) is 156 Å². The van der Waals surface area contributed by atoms with Crippen molar-refractivity contribution in [1.29, 1.82) is 0 Å². The van der Waals surface area contributed by atoms with Gasteiger partial charge in [0.25, 0.3) is 0 Å². The summed E-state index contributed by atoms with van der Waals surface area (Å²) in [6, 6.07) is 44.4. The van der Waals surface area contributed by atoms with E-state index >= 15 is 0 Å². The molecule has 6 nitrogen and oxygen atoms in total. The van der Waals surface area contributed by atoms with E-state index in [1.54, 1.807) is 0 Å². The largest absolute Gasteiger partial charge is 0.456 e. The van der Waals surface area contributed by atoms with Crippen molar-refractivity contribution >= 4 is 61.5 Å². The number of fused-ring (bicyclic) bond motifs is 7. The number of nitrogens with zero attached hydrogens (tertiary/aromatic N) is 1. The van der Waals surface area contributed by atoms with Crippen molar-refractivity contribution in [1.82, 2.24) is 10.6 Å². The zero-order valence-corrected chi connectivity index (χ0v) is 25.9. The molecular weight excluding hydrogens is 592 g/mol. The number of furan rings is 2. The third-order valence-electron chi connectivity index (χ3n) is 9.55. The molecule has 6 heteroatoms. The van der Waals surface area contributed by atoms with Crippen LogP contribution in [0.2, 0.25) is 0 Å². The highest BCUT2D eigenvalue weighted by atomic mass is 16.4. The van der Waals surface area contributed by atoms with E-state index in [1.165, 1.54) is 10.8 Å². The second-order valence-electron chi connectivity index (χ2n) is 12.4. The summed E-state index contributed by atoms with van der Waals surface area (Å²) in [6.45, 7) is 0.728. The molecule has 2 unspecified atom stereocenters. The molecule has 3 N–H and O–H groups in total. The van der Waals surface area contributed by atoms with Crippen LogP contribution in [0.1, 0.15) is 34.6 Å². The summed E-state index contributed by atoms with van der Waals surface area (Å²) < 4.78 is 12.8. The first kappa shape index (κ1) is 27.0. The van der Waals surface area contributed by atoms with Gasteiger partial charge in [0.1, 0.15) is 34.9 Å². The maximum absolute atomic E-state index is 6.48. The van der Waals surface area contributed by atoms with Crippen LogP contribution in [0, 0.1) is 0 Å². The molecule has 2 aromatic heterocycles. The topological polar surface area (TPSA) is 74.7 Å². The second kappa shape index (κ2) is 10.7. The maximum atomic E-state index is 6.48. The van der Waals surface area contributed by atoms with Gasteiger partial charge in [-0.25, -0.2) is 4.99 Å². The lowest BCUT2D eigenvalue weighted by Gasteiger charge is -2.33. The second-order valence-corrected chi connectivity index (χ2v) is 12.4. The van der Waals surface area contributed by atoms with Crippen molar-refractivity contribution in [2.24, 2.45) is 4.99 Å². The monoisotopic (exact) mass is 622 g/mol. The SMILES string of the molecule is C1=Cc2c(oc3cc(-c4ccccc4)cc(C4=NC(c5ccc6ccccc6c5)NC(c5cccc6oc7ccccc7c56)N4)c23)NC1. The molecule has 0 saturated heterocycles. The molecule has 2 aliphatic rings. The Hall–Kier alpha value is -6.11. The minimum Gasteiger partial charge on any atom is -0.456 e. The number of hydrogen-bond acceptors (Lipinski definition) is 6. The van der Waals surface area contributed by atoms with Crippen LogP contribution in [0.15, 0.2) is 147 Å². The first-order valence-corrected chi connectivity index (χ1v) is 16.3. The summed E-state index contributed by atoms with van der Waals surface area (Å²) in [6.07, 6.45) is 3.69. The van der Waals surface area contributed by atoms with Crippen molar-refractivity contribution in [2.75, 3.05) is 11.9 Å². The molecule has 0 spiro atoms. The zero-order chi connectivity index (χ0) is 31.6. The molecule has 4 heterocycles. The van der Waals surface area contributed by atoms with Crippen LogP contribution >= 0.6 is 0 Å². The molecule has 48 heavy (non-hydrogen) atoms. The fourth-order valence-electron chi connectivity index (χ4n) is 7.30. The van der Waals surface area contributed by atoms with Gasteiger partial charge in [-0.15, -0.1) is 0 Å². The lowest BCUT2D eigenvalue weighted by atomic mass is 9.95. The summed E-state index contributed by atoms with van der Waals surface area (Å²) in [7, 11) is 0. The molecule has 2 atom stereocenters. The molecule has 0 fully saturated rings. The molecule has 0 radical (unpaired) electrons. The van der Waals surface area contributed by atoms with Gasteiger partial charge in [-0.2, -0.15) is 0 Å². The van der Waals surface area contributed by atoms with E-state index < -0.39 is 0 Å². The Labute approximate surface area is 276 Å². The molecule has 0 saturated carbocycles. The number of amidine groups is 1. The quantitative estimate of drug-likeness (QED) is 0.182. The molecule has 0 bridgehead atoms. The van der Waals surface area contributed by atoms with Gasteiger partial charge < -0.3 is 19.5 Å². The minimum atomic E-state index is -0.323. The van der Waals surface area contributed by atoms with Gasteiger partial charge in [-0.1, -0.05) is 109 Å². The Balaban J connectivity index is 1.21. The minimum absolute atomic E-state index is 0.273. The van der Waals surface area contributed by atoms with Crippen LogP contribution < -0.4 is 16.0 Å². The van der Waals surface area contributed by atoms with E-state index in [1.807, 2.05) is 24.3 Å². The molecule has 10 rings (SSSR count). The lowest BCUT2D eigenvalue weighted by Crippen LogP contribution is -2.45. The van der Waals surface area contributed by atoms with Crippen molar-refractivity contribution in [2.45, 2.75) is 12.3 Å². The number of benzene rings is 6. The van der Waals surface area contributed by atoms with Gasteiger partial charge in [0.05, 0.1) is 0 Å². The predicted molar refractivity (Wildman–Crippen MR) is 195 cm³/mol. The van der Waals surface area contributed by atoms with Crippen LogP contribution in [0.4, 0.5) is 5.88 Å². The van der Waals surface area contributed by atoms with Gasteiger partial charge in [-0.05, 0) is 57.8 Å². The zero-order valence-electron chi connectivity index (χ0n) is 25.9. The van der Waals surface area contributed by atoms with E-state index in [9.17, 15) is 0 Å². The maximum Gasteiger partial charge on any atom is 0.201 e. The highest BCUT2D eigenvalue weighted by Gasteiger charge is 2.30. The average molecular weight is 623 g/mol. The van der Waals surface area contributed by atoms with Crippen molar-refractivity contribution < 1.29 is 8.83 Å². The lowest BCUT2D eigenvalue weighted by molar-refractivity contribution is 0.411. The normalized spacial score (nSPS) is 17.4. The van der Waals surface area contributed by atoms with E-state index in [4.69, 9.17) is 13.8 Å². The van der Waals surface area contributed by atoms with E-state index in [2.05, 4.69) is 131 Å². The van der Waals surface area contributed by atoms with E-state index in [0.717, 1.165) is 84.6 Å². The van der Waals surface area contributed by atoms with Gasteiger partial charge in [0.2, 0.25) is 5.88 Å². The summed E-state index contributed by atoms with van der Waals surface area (Å²) in [5.41, 5.74) is 8.95. The van der Waals surface area contributed by atoms with Gasteiger partial charge in [-0.3, -0.25) is 5.32 Å². The number of aliphatic imine (C=N–C) groups is 1. The average Bonchev–Trinajstić information content (AvgIpc) is 3.73. The first-order valence-electron chi connectivity index (χ1n) is 16.3. The molecule has 8 aromatic rings. The highest BCUT2D eigenvalue weighted by Crippen LogP contribution is 2.40. The smallest absolute Gasteiger partial charge is 0.201 e. The number of nitrogens with one attached hydrogen (secondary N) is 3. The van der Waals surface area contributed by atoms with Crippen LogP contribution in [-0.2, 0) is 0 Å². The van der Waals surface area contributed by atoms with Crippen molar-refractivity contribution in [3.63, 3.8) is 0 Å². The molecule has 0 aliphatic carbocycles. The number of anilines is 1. The standard InChI is InChI=1S/C42H30N4O2/c1-2-10-25(11-3-1)29-23-33(38-32-16-9-21-43-42(32)48-36(38)24-29)41-45-39(28-20-19-26-12-4-5-13-27(26)22-28)44-40(46-41)31-15-8-18-35-37(31)30-14-6-7-17-34(30)47-35/h1-20,22-24,39-40,43-44H,21H2,(H,45,46). The summed E-state index contributed by atoms with van der Waals surface area (Å²) in [5, 5.41) is 16.7. The fourth-order valence-corrected chi connectivity index (χ4v) is 7.30. The van der Waals surface area contributed by atoms with Crippen LogP contribution in [0.3, 0.4) is 0 Å². The molecular formula is C42H30N4O2. The van der Waals surface area contributed by atoms with Gasteiger partial charge in [0, 0.05) is 39.4 Å². The fraction of sp³-hybridized carbons (Fsp3) is 0.0714. The summed E-state index contributed by atoms with van der Waals surface area (Å²) >= 11 is 0. The Kier molecular flexibility index (Phi) is 6.04. The number of para-hydroxylation sites is 1. The van der Waals surface area contributed by atoms with E-state index in [-0.39, 0.29) is 12.3 Å². The Bertz CT molecular complexity index is 2590. The number of rotatable bonds is 4. The molecule has 230 valence electrons. The highest BCUT2D eigenvalue weighted by molar-refractivity contribution is 6.15. The van der Waals surface area contributed by atoms with Gasteiger partial charge >= 0.3 is 0 Å². The van der Waals surface area contributed by atoms with E-state index in [0.29, 0.717) is 0 Å². The Morgan fingerprint density at radius 2 is 1.48 bits per heavy atom. The Morgan fingerprint density at radius 1 is 0.646 bits per heavy atom.